The van der Waals surface area contributed by atoms with E-state index in [0.717, 1.165) is 0 Å². The number of hydrogen-bond donors (Lipinski definition) is 1. The summed E-state index contributed by atoms with van der Waals surface area (Å²) < 4.78 is 44.3. The fourth-order valence-electron chi connectivity index (χ4n) is 2.22. The minimum absolute atomic E-state index is 0.0856. The van der Waals surface area contributed by atoms with E-state index in [4.69, 9.17) is 14.2 Å². The zero-order valence-corrected chi connectivity index (χ0v) is 15.0. The van der Waals surface area contributed by atoms with Crippen molar-refractivity contribution in [2.75, 3.05) is 26.6 Å². The van der Waals surface area contributed by atoms with Crippen molar-refractivity contribution in [1.82, 2.24) is 0 Å². The second kappa shape index (κ2) is 9.42. The van der Waals surface area contributed by atoms with Crippen LogP contribution in [0, 0.1) is 0 Å². The van der Waals surface area contributed by atoms with Crippen molar-refractivity contribution in [2.45, 2.75) is 6.61 Å². The number of nitrogens with one attached hydrogen (secondary N) is 1. The molecular formula is C19H19F2NO5. The molecule has 0 aliphatic heterocycles. The van der Waals surface area contributed by atoms with Crippen molar-refractivity contribution in [2.24, 2.45) is 0 Å². The molecule has 1 N–H and O–H groups in total. The number of rotatable bonds is 8. The highest BCUT2D eigenvalue weighted by Crippen LogP contribution is 2.30. The Labute approximate surface area is 155 Å². The summed E-state index contributed by atoms with van der Waals surface area (Å²) in [5.41, 5.74) is 1.07. The van der Waals surface area contributed by atoms with Crippen molar-refractivity contribution >= 4 is 17.7 Å². The number of carbonyl (C=O) groups is 1. The molecule has 0 saturated carbocycles. The topological polar surface area (TPSA) is 66.0 Å². The third-order valence-electron chi connectivity index (χ3n) is 3.45. The predicted molar refractivity (Wildman–Crippen MR) is 96.8 cm³/mol. The Morgan fingerprint density at radius 2 is 1.63 bits per heavy atom. The SMILES string of the molecule is COc1cc(NC(=O)/C=C/c2ccc(OC(F)F)c(OC)c2)cc(OC)c1. The highest BCUT2D eigenvalue weighted by Gasteiger charge is 2.10. The van der Waals surface area contributed by atoms with Crippen molar-refractivity contribution in [3.63, 3.8) is 0 Å². The number of anilines is 1. The average molecular weight is 379 g/mol. The van der Waals surface area contributed by atoms with Crippen LogP contribution in [0.4, 0.5) is 14.5 Å². The molecule has 8 heteroatoms. The quantitative estimate of drug-likeness (QED) is 0.703. The van der Waals surface area contributed by atoms with Crippen LogP contribution in [0.2, 0.25) is 0 Å². The highest BCUT2D eigenvalue weighted by atomic mass is 19.3. The summed E-state index contributed by atoms with van der Waals surface area (Å²) in [5, 5.41) is 2.69. The van der Waals surface area contributed by atoms with Crippen molar-refractivity contribution in [3.8, 4) is 23.0 Å². The number of ether oxygens (including phenoxy) is 4. The molecule has 6 nitrogen and oxygen atoms in total. The van der Waals surface area contributed by atoms with E-state index in [2.05, 4.69) is 10.1 Å². The van der Waals surface area contributed by atoms with Crippen LogP contribution in [-0.2, 0) is 4.79 Å². The number of alkyl halides is 2. The molecule has 0 atom stereocenters. The molecule has 2 rings (SSSR count). The maximum Gasteiger partial charge on any atom is 0.387 e. The van der Waals surface area contributed by atoms with Gasteiger partial charge in [0.15, 0.2) is 11.5 Å². The molecule has 0 bridgehead atoms. The summed E-state index contributed by atoms with van der Waals surface area (Å²) in [6.45, 7) is -2.95. The Morgan fingerprint density at radius 3 is 2.19 bits per heavy atom. The lowest BCUT2D eigenvalue weighted by atomic mass is 10.2. The van der Waals surface area contributed by atoms with Crippen molar-refractivity contribution in [1.29, 1.82) is 0 Å². The van der Waals surface area contributed by atoms with Gasteiger partial charge in [0.1, 0.15) is 11.5 Å². The van der Waals surface area contributed by atoms with Gasteiger partial charge in [0.25, 0.3) is 0 Å². The summed E-state index contributed by atoms with van der Waals surface area (Å²) in [7, 11) is 4.36. The van der Waals surface area contributed by atoms with Gasteiger partial charge in [-0.2, -0.15) is 8.78 Å². The Bertz CT molecular complexity index is 801. The first-order valence-corrected chi connectivity index (χ1v) is 7.80. The molecule has 0 radical (unpaired) electrons. The standard InChI is InChI=1S/C19H19F2NO5/c1-24-14-9-13(10-15(11-14)25-2)22-18(23)7-5-12-4-6-16(27-19(20)21)17(8-12)26-3/h4-11,19H,1-3H3,(H,22,23)/b7-5+. The normalized spacial score (nSPS) is 10.7. The Morgan fingerprint density at radius 1 is 0.963 bits per heavy atom. The average Bonchev–Trinajstić information content (AvgIpc) is 2.66. The molecular weight excluding hydrogens is 360 g/mol. The lowest BCUT2D eigenvalue weighted by Crippen LogP contribution is -2.08. The van der Waals surface area contributed by atoms with Gasteiger partial charge in [0.05, 0.1) is 21.3 Å². The molecule has 0 saturated heterocycles. The van der Waals surface area contributed by atoms with Crippen LogP contribution in [0.25, 0.3) is 6.08 Å². The molecule has 1 amide bonds. The number of amides is 1. The number of benzene rings is 2. The lowest BCUT2D eigenvalue weighted by molar-refractivity contribution is -0.111. The van der Waals surface area contributed by atoms with Gasteiger partial charge in [-0.25, -0.2) is 0 Å². The second-order valence-electron chi connectivity index (χ2n) is 5.21. The molecule has 0 heterocycles. The summed E-state index contributed by atoms with van der Waals surface area (Å²) >= 11 is 0. The van der Waals surface area contributed by atoms with E-state index in [1.807, 2.05) is 0 Å². The molecule has 0 unspecified atom stereocenters. The summed E-state index contributed by atoms with van der Waals surface area (Å²) in [6, 6.07) is 9.33. The first kappa shape index (κ1) is 20.0. The largest absolute Gasteiger partial charge is 0.497 e. The molecule has 0 fully saturated rings. The molecule has 0 aliphatic rings. The highest BCUT2D eigenvalue weighted by molar-refractivity contribution is 6.02. The van der Waals surface area contributed by atoms with Gasteiger partial charge >= 0.3 is 6.61 Å². The molecule has 2 aromatic rings. The molecule has 0 aromatic heterocycles. The smallest absolute Gasteiger partial charge is 0.387 e. The third-order valence-corrected chi connectivity index (χ3v) is 3.45. The van der Waals surface area contributed by atoms with Gasteiger partial charge in [-0.1, -0.05) is 6.07 Å². The molecule has 0 aliphatic carbocycles. The van der Waals surface area contributed by atoms with Gasteiger partial charge < -0.3 is 24.3 Å². The van der Waals surface area contributed by atoms with Crippen molar-refractivity contribution in [3.05, 3.63) is 48.0 Å². The Kier molecular flexibility index (Phi) is 6.99. The van der Waals surface area contributed by atoms with E-state index in [0.29, 0.717) is 22.7 Å². The Hall–Kier alpha value is -3.29. The minimum atomic E-state index is -2.95. The van der Waals surface area contributed by atoms with Crippen LogP contribution in [0.3, 0.4) is 0 Å². The van der Waals surface area contributed by atoms with Crippen LogP contribution >= 0.6 is 0 Å². The van der Waals surface area contributed by atoms with Crippen LogP contribution in [0.1, 0.15) is 5.56 Å². The monoisotopic (exact) mass is 379 g/mol. The van der Waals surface area contributed by atoms with Gasteiger partial charge in [-0.15, -0.1) is 0 Å². The fourth-order valence-corrected chi connectivity index (χ4v) is 2.22. The zero-order chi connectivity index (χ0) is 19.8. The first-order chi connectivity index (χ1) is 12.9. The van der Waals surface area contributed by atoms with Crippen LogP contribution < -0.4 is 24.3 Å². The van der Waals surface area contributed by atoms with Gasteiger partial charge in [0, 0.05) is 30.0 Å². The van der Waals surface area contributed by atoms with E-state index in [-0.39, 0.29) is 11.5 Å². The maximum atomic E-state index is 12.3. The molecule has 27 heavy (non-hydrogen) atoms. The van der Waals surface area contributed by atoms with Crippen molar-refractivity contribution < 1.29 is 32.5 Å². The van der Waals surface area contributed by atoms with E-state index in [1.165, 1.54) is 51.7 Å². The van der Waals surface area contributed by atoms with Crippen LogP contribution in [0.5, 0.6) is 23.0 Å². The first-order valence-electron chi connectivity index (χ1n) is 7.80. The molecule has 144 valence electrons. The number of halogens is 2. The van der Waals surface area contributed by atoms with Gasteiger partial charge in [-0.05, 0) is 23.8 Å². The second-order valence-corrected chi connectivity index (χ2v) is 5.21. The summed E-state index contributed by atoms with van der Waals surface area (Å²) in [6.07, 6.45) is 2.82. The predicted octanol–water partition coefficient (Wildman–Crippen LogP) is 3.97. The molecule has 2 aromatic carbocycles. The number of methoxy groups -OCH3 is 3. The molecule has 0 spiro atoms. The van der Waals surface area contributed by atoms with Gasteiger partial charge in [0.2, 0.25) is 5.91 Å². The minimum Gasteiger partial charge on any atom is -0.497 e. The van der Waals surface area contributed by atoms with Crippen LogP contribution in [-0.4, -0.2) is 33.8 Å². The zero-order valence-electron chi connectivity index (χ0n) is 15.0. The third kappa shape index (κ3) is 5.88. The van der Waals surface area contributed by atoms with E-state index in [9.17, 15) is 13.6 Å². The lowest BCUT2D eigenvalue weighted by Gasteiger charge is -2.10. The van der Waals surface area contributed by atoms with Crippen LogP contribution in [0.15, 0.2) is 42.5 Å². The van der Waals surface area contributed by atoms with Gasteiger partial charge in [-0.3, -0.25) is 4.79 Å². The summed E-state index contributed by atoms with van der Waals surface area (Å²) in [5.74, 6) is 0.728. The Balaban J connectivity index is 2.10. The summed E-state index contributed by atoms with van der Waals surface area (Å²) in [4.78, 5) is 12.1. The fraction of sp³-hybridized carbons (Fsp3) is 0.211. The number of carbonyl (C=O) groups excluding carboxylic acids is 1. The van der Waals surface area contributed by atoms with E-state index in [1.54, 1.807) is 18.2 Å². The number of hydrogen-bond acceptors (Lipinski definition) is 5. The van der Waals surface area contributed by atoms with E-state index < -0.39 is 12.5 Å². The maximum absolute atomic E-state index is 12.3. The van der Waals surface area contributed by atoms with E-state index >= 15 is 0 Å².